The lowest BCUT2D eigenvalue weighted by molar-refractivity contribution is -0.0496. The van der Waals surface area contributed by atoms with Gasteiger partial charge in [0, 0.05) is 31.2 Å². The third-order valence-corrected chi connectivity index (χ3v) is 6.47. The predicted molar refractivity (Wildman–Crippen MR) is 104 cm³/mol. The van der Waals surface area contributed by atoms with Crippen molar-refractivity contribution in [3.05, 3.63) is 34.9 Å². The van der Waals surface area contributed by atoms with Crippen LogP contribution in [0.15, 0.2) is 29.3 Å². The van der Waals surface area contributed by atoms with Crippen LogP contribution in [-0.2, 0) is 16.6 Å². The van der Waals surface area contributed by atoms with E-state index < -0.39 is 15.5 Å². The van der Waals surface area contributed by atoms with E-state index >= 15 is 0 Å². The van der Waals surface area contributed by atoms with Crippen molar-refractivity contribution in [1.29, 1.82) is 0 Å². The summed E-state index contributed by atoms with van der Waals surface area (Å²) in [7, 11) is -5.24. The highest BCUT2D eigenvalue weighted by molar-refractivity contribution is 7.90. The summed E-state index contributed by atoms with van der Waals surface area (Å²) < 4.78 is 61.3. The maximum Gasteiger partial charge on any atom is 0.511 e. The molecule has 0 saturated carbocycles. The molecule has 0 atom stereocenters. The summed E-state index contributed by atoms with van der Waals surface area (Å²) in [5, 5.41) is 6.90. The van der Waals surface area contributed by atoms with Crippen LogP contribution in [0, 0.1) is 5.92 Å². The number of nitrogens with one attached hydrogen (secondary N) is 2. The van der Waals surface area contributed by atoms with Crippen molar-refractivity contribution in [1.82, 2.24) is 14.9 Å². The standard InChI is InChI=1S/C17H24ClF3N4O2S/c1-2-22-16(24-12-14-5-3-4-6-15(14)18)23-11-13-7-9-25(10-8-13)28(26,27)17(19,20)21/h3-6,13H,2,7-12H2,1H3,(H2,22,23,24). The normalized spacial score (nSPS) is 17.5. The molecule has 0 spiro atoms. The molecule has 2 rings (SSSR count). The zero-order valence-electron chi connectivity index (χ0n) is 15.5. The van der Waals surface area contributed by atoms with Crippen molar-refractivity contribution in [3.8, 4) is 0 Å². The van der Waals surface area contributed by atoms with Crippen LogP contribution in [0.4, 0.5) is 13.2 Å². The Hall–Kier alpha value is -1.52. The van der Waals surface area contributed by atoms with Gasteiger partial charge in [-0.1, -0.05) is 29.8 Å². The van der Waals surface area contributed by atoms with Gasteiger partial charge in [-0.15, -0.1) is 0 Å². The summed E-state index contributed by atoms with van der Waals surface area (Å²) in [4.78, 5) is 4.47. The molecule has 1 aliphatic heterocycles. The quantitative estimate of drug-likeness (QED) is 0.527. The first kappa shape index (κ1) is 22.8. The molecule has 1 fully saturated rings. The van der Waals surface area contributed by atoms with Gasteiger partial charge in [0.15, 0.2) is 5.96 Å². The fraction of sp³-hybridized carbons (Fsp3) is 0.588. The maximum atomic E-state index is 12.6. The molecule has 1 saturated heterocycles. The van der Waals surface area contributed by atoms with Crippen molar-refractivity contribution >= 4 is 27.6 Å². The van der Waals surface area contributed by atoms with Gasteiger partial charge in [0.1, 0.15) is 0 Å². The number of aliphatic imine (C=N–C) groups is 1. The van der Waals surface area contributed by atoms with Crippen LogP contribution >= 0.6 is 11.6 Å². The van der Waals surface area contributed by atoms with Crippen LogP contribution in [0.3, 0.4) is 0 Å². The third-order valence-electron chi connectivity index (χ3n) is 4.47. The van der Waals surface area contributed by atoms with E-state index in [1.54, 1.807) is 6.07 Å². The van der Waals surface area contributed by atoms with Gasteiger partial charge in [0.05, 0.1) is 6.54 Å². The molecular weight excluding hydrogens is 417 g/mol. The first-order valence-electron chi connectivity index (χ1n) is 8.97. The molecular formula is C17H24ClF3N4O2S. The summed E-state index contributed by atoms with van der Waals surface area (Å²) in [5.74, 6) is 0.636. The smallest absolute Gasteiger partial charge is 0.357 e. The van der Waals surface area contributed by atoms with Crippen LogP contribution in [0.5, 0.6) is 0 Å². The van der Waals surface area contributed by atoms with Gasteiger partial charge < -0.3 is 10.6 Å². The Bertz CT molecular complexity index is 779. The van der Waals surface area contributed by atoms with Gasteiger partial charge in [0.25, 0.3) is 0 Å². The maximum absolute atomic E-state index is 12.6. The molecule has 0 amide bonds. The minimum atomic E-state index is -5.25. The Labute approximate surface area is 168 Å². The van der Waals surface area contributed by atoms with Crippen LogP contribution < -0.4 is 10.6 Å². The van der Waals surface area contributed by atoms with Crippen LogP contribution in [0.25, 0.3) is 0 Å². The third kappa shape index (κ3) is 5.99. The molecule has 158 valence electrons. The summed E-state index contributed by atoms with van der Waals surface area (Å²) >= 11 is 6.12. The van der Waals surface area contributed by atoms with Crippen molar-refractivity contribution in [2.75, 3.05) is 26.2 Å². The molecule has 2 N–H and O–H groups in total. The van der Waals surface area contributed by atoms with Crippen LogP contribution in [0.2, 0.25) is 5.02 Å². The van der Waals surface area contributed by atoms with Gasteiger partial charge in [-0.2, -0.15) is 17.5 Å². The molecule has 1 aromatic rings. The van der Waals surface area contributed by atoms with E-state index in [4.69, 9.17) is 11.6 Å². The van der Waals surface area contributed by atoms with Gasteiger partial charge in [-0.3, -0.25) is 0 Å². The molecule has 6 nitrogen and oxygen atoms in total. The first-order chi connectivity index (χ1) is 13.1. The summed E-state index contributed by atoms with van der Waals surface area (Å²) in [5.41, 5.74) is -4.37. The number of alkyl halides is 3. The first-order valence-corrected chi connectivity index (χ1v) is 10.8. The molecule has 1 heterocycles. The lowest BCUT2D eigenvalue weighted by Gasteiger charge is -2.31. The molecule has 0 unspecified atom stereocenters. The number of halogens is 4. The van der Waals surface area contributed by atoms with Crippen molar-refractivity contribution in [2.45, 2.75) is 31.8 Å². The van der Waals surface area contributed by atoms with Crippen LogP contribution in [0.1, 0.15) is 25.3 Å². The Morgan fingerprint density at radius 3 is 2.46 bits per heavy atom. The molecule has 0 bridgehead atoms. The zero-order valence-corrected chi connectivity index (χ0v) is 17.0. The van der Waals surface area contributed by atoms with E-state index in [1.165, 1.54) is 0 Å². The van der Waals surface area contributed by atoms with E-state index in [0.29, 0.717) is 47.8 Å². The largest absolute Gasteiger partial charge is 0.511 e. The number of rotatable bonds is 6. The number of piperidine rings is 1. The Morgan fingerprint density at radius 1 is 1.25 bits per heavy atom. The number of guanidine groups is 1. The van der Waals surface area contributed by atoms with Crippen molar-refractivity contribution < 1.29 is 21.6 Å². The molecule has 28 heavy (non-hydrogen) atoms. The highest BCUT2D eigenvalue weighted by atomic mass is 35.5. The topological polar surface area (TPSA) is 73.8 Å². The second-order valence-electron chi connectivity index (χ2n) is 6.46. The molecule has 11 heteroatoms. The lowest BCUT2D eigenvalue weighted by Crippen LogP contribution is -2.47. The SMILES string of the molecule is CCNC(=NCc1ccccc1Cl)NCC1CCN(S(=O)(=O)C(F)(F)F)CC1. The van der Waals surface area contributed by atoms with E-state index in [9.17, 15) is 21.6 Å². The molecule has 0 radical (unpaired) electrons. The molecule has 0 aliphatic carbocycles. The monoisotopic (exact) mass is 440 g/mol. The van der Waals surface area contributed by atoms with E-state index in [0.717, 1.165) is 5.56 Å². The minimum Gasteiger partial charge on any atom is -0.357 e. The van der Waals surface area contributed by atoms with Gasteiger partial charge in [-0.05, 0) is 37.3 Å². The second kappa shape index (κ2) is 9.80. The summed E-state index contributed by atoms with van der Waals surface area (Å²) in [6.07, 6.45) is 0.707. The molecule has 0 aromatic heterocycles. The average Bonchev–Trinajstić information content (AvgIpc) is 2.64. The van der Waals surface area contributed by atoms with E-state index in [2.05, 4.69) is 15.6 Å². The van der Waals surface area contributed by atoms with Gasteiger partial charge in [-0.25, -0.2) is 13.4 Å². The van der Waals surface area contributed by atoms with Crippen molar-refractivity contribution in [2.24, 2.45) is 10.9 Å². The Balaban J connectivity index is 1.88. The minimum absolute atomic E-state index is 0.0591. The second-order valence-corrected chi connectivity index (χ2v) is 8.80. The van der Waals surface area contributed by atoms with Crippen molar-refractivity contribution in [3.63, 3.8) is 0 Å². The highest BCUT2D eigenvalue weighted by Gasteiger charge is 2.50. The fourth-order valence-corrected chi connectivity index (χ4v) is 4.05. The van der Waals surface area contributed by atoms with E-state index in [1.807, 2.05) is 25.1 Å². The number of hydrogen-bond donors (Lipinski definition) is 2. The van der Waals surface area contributed by atoms with Crippen LogP contribution in [-0.4, -0.2) is 50.4 Å². The molecule has 1 aliphatic rings. The van der Waals surface area contributed by atoms with E-state index in [-0.39, 0.29) is 19.0 Å². The number of hydrogen-bond acceptors (Lipinski definition) is 3. The van der Waals surface area contributed by atoms with Gasteiger partial charge >= 0.3 is 15.5 Å². The number of benzene rings is 1. The summed E-state index contributed by atoms with van der Waals surface area (Å²) in [6, 6.07) is 7.38. The fourth-order valence-electron chi connectivity index (χ4n) is 2.87. The van der Waals surface area contributed by atoms with Gasteiger partial charge in [0.2, 0.25) is 0 Å². The average molecular weight is 441 g/mol. The Kier molecular flexibility index (Phi) is 7.97. The zero-order chi connectivity index (χ0) is 20.8. The number of nitrogens with zero attached hydrogens (tertiary/aromatic N) is 2. The lowest BCUT2D eigenvalue weighted by atomic mass is 9.98. The Morgan fingerprint density at radius 2 is 1.89 bits per heavy atom. The summed E-state index contributed by atoms with van der Waals surface area (Å²) in [6.45, 7) is 3.18. The molecule has 1 aromatic carbocycles. The number of sulfonamides is 1. The predicted octanol–water partition coefficient (Wildman–Crippen LogP) is 2.96. The highest BCUT2D eigenvalue weighted by Crippen LogP contribution is 2.30.